The number of rotatable bonds is 4. The minimum Gasteiger partial charge on any atom is -0.360 e. The van der Waals surface area contributed by atoms with Crippen molar-refractivity contribution >= 4 is 17.3 Å². The van der Waals surface area contributed by atoms with Crippen LogP contribution >= 0.6 is 12.2 Å². The second kappa shape index (κ2) is 8.45. The highest BCUT2D eigenvalue weighted by Gasteiger charge is 2.40. The first-order valence-electron chi connectivity index (χ1n) is 11.2. The summed E-state index contributed by atoms with van der Waals surface area (Å²) < 4.78 is 0. The lowest BCUT2D eigenvalue weighted by molar-refractivity contribution is 0.148. The first kappa shape index (κ1) is 19.1. The molecule has 3 aliphatic rings. The summed E-state index contributed by atoms with van der Waals surface area (Å²) >= 11 is 5.81. The molecule has 2 aliphatic carbocycles. The van der Waals surface area contributed by atoms with Gasteiger partial charge in [-0.2, -0.15) is 0 Å². The van der Waals surface area contributed by atoms with Crippen LogP contribution < -0.4 is 5.32 Å². The summed E-state index contributed by atoms with van der Waals surface area (Å²) in [5.74, 6) is 1.81. The molecule has 29 heavy (non-hydrogen) atoms. The van der Waals surface area contributed by atoms with Gasteiger partial charge in [0, 0.05) is 32.2 Å². The van der Waals surface area contributed by atoms with E-state index in [4.69, 9.17) is 12.2 Å². The van der Waals surface area contributed by atoms with Gasteiger partial charge in [-0.1, -0.05) is 67.1 Å². The molecule has 3 nitrogen and oxygen atoms in total. The number of thiocarbonyl (C=S) groups is 1. The van der Waals surface area contributed by atoms with E-state index in [2.05, 4.69) is 75.8 Å². The average Bonchev–Trinajstić information content (AvgIpc) is 3.39. The first-order chi connectivity index (χ1) is 14.3. The van der Waals surface area contributed by atoms with Crippen LogP contribution in [0, 0.1) is 11.8 Å². The van der Waals surface area contributed by atoms with Crippen LogP contribution in [0.4, 0.5) is 0 Å². The standard InChI is InChI=1S/C25H31N3S/c29-25(26-23-18-19-11-12-22(23)17-19)28-15-13-27(14-16-28)24(20-7-3-1-4-8-20)21-9-5-2-6-10-21/h1-10,19,22-24H,11-18H2,(H,26,29)/t19-,22-,23-/m1/s1. The average molecular weight is 406 g/mol. The maximum absolute atomic E-state index is 5.81. The number of nitrogens with one attached hydrogen (secondary N) is 1. The van der Waals surface area contributed by atoms with Crippen molar-refractivity contribution in [1.82, 2.24) is 15.1 Å². The number of hydrogen-bond acceptors (Lipinski definition) is 2. The molecule has 1 saturated heterocycles. The second-order valence-corrected chi connectivity index (χ2v) is 9.36. The Hall–Kier alpha value is -1.91. The first-order valence-corrected chi connectivity index (χ1v) is 11.6. The predicted octanol–water partition coefficient (Wildman–Crippen LogP) is 4.46. The fourth-order valence-corrected chi connectivity index (χ4v) is 6.07. The molecule has 1 heterocycles. The molecule has 2 saturated carbocycles. The molecular formula is C25H31N3S. The van der Waals surface area contributed by atoms with Crippen molar-refractivity contribution in [3.05, 3.63) is 71.8 Å². The summed E-state index contributed by atoms with van der Waals surface area (Å²) in [5.41, 5.74) is 2.74. The lowest BCUT2D eigenvalue weighted by Gasteiger charge is -2.41. The normalized spacial score (nSPS) is 26.8. The molecule has 0 radical (unpaired) electrons. The van der Waals surface area contributed by atoms with Gasteiger partial charge in [0.25, 0.3) is 0 Å². The quantitative estimate of drug-likeness (QED) is 0.757. The third-order valence-electron chi connectivity index (χ3n) is 7.24. The summed E-state index contributed by atoms with van der Waals surface area (Å²) in [6.07, 6.45) is 5.59. The Morgan fingerprint density at radius 2 is 1.45 bits per heavy atom. The van der Waals surface area contributed by atoms with Gasteiger partial charge < -0.3 is 10.2 Å². The molecule has 4 heteroatoms. The van der Waals surface area contributed by atoms with Gasteiger partial charge in [-0.15, -0.1) is 0 Å². The van der Waals surface area contributed by atoms with E-state index in [0.717, 1.165) is 43.1 Å². The van der Waals surface area contributed by atoms with Crippen molar-refractivity contribution in [2.24, 2.45) is 11.8 Å². The molecule has 0 aromatic heterocycles. The van der Waals surface area contributed by atoms with Gasteiger partial charge in [-0.25, -0.2) is 0 Å². The zero-order valence-corrected chi connectivity index (χ0v) is 17.9. The zero-order valence-electron chi connectivity index (χ0n) is 17.0. The van der Waals surface area contributed by atoms with E-state index < -0.39 is 0 Å². The molecule has 2 aromatic carbocycles. The van der Waals surface area contributed by atoms with Crippen LogP contribution in [-0.4, -0.2) is 47.1 Å². The Balaban J connectivity index is 1.24. The molecule has 3 fully saturated rings. The van der Waals surface area contributed by atoms with Crippen LogP contribution in [0.1, 0.15) is 42.9 Å². The topological polar surface area (TPSA) is 18.5 Å². The number of fused-ring (bicyclic) bond motifs is 2. The Morgan fingerprint density at radius 3 is 1.97 bits per heavy atom. The largest absolute Gasteiger partial charge is 0.360 e. The molecule has 1 N–H and O–H groups in total. The van der Waals surface area contributed by atoms with Crippen LogP contribution in [0.15, 0.2) is 60.7 Å². The van der Waals surface area contributed by atoms with E-state index in [0.29, 0.717) is 12.1 Å². The van der Waals surface area contributed by atoms with Crippen LogP contribution in [-0.2, 0) is 0 Å². The lowest BCUT2D eigenvalue weighted by Crippen LogP contribution is -2.54. The van der Waals surface area contributed by atoms with E-state index in [-0.39, 0.29) is 0 Å². The summed E-state index contributed by atoms with van der Waals surface area (Å²) in [6, 6.07) is 22.8. The summed E-state index contributed by atoms with van der Waals surface area (Å²) in [4.78, 5) is 5.01. The Kier molecular flexibility index (Phi) is 5.56. The van der Waals surface area contributed by atoms with Crippen molar-refractivity contribution in [2.45, 2.75) is 37.8 Å². The van der Waals surface area contributed by atoms with Gasteiger partial charge in [-0.3, -0.25) is 4.90 Å². The number of hydrogen-bond donors (Lipinski definition) is 1. The van der Waals surface area contributed by atoms with Gasteiger partial charge in [0.1, 0.15) is 0 Å². The van der Waals surface area contributed by atoms with Crippen molar-refractivity contribution in [3.8, 4) is 0 Å². The molecule has 152 valence electrons. The predicted molar refractivity (Wildman–Crippen MR) is 123 cm³/mol. The molecule has 0 amide bonds. The van der Waals surface area contributed by atoms with Gasteiger partial charge in [0.05, 0.1) is 6.04 Å². The maximum Gasteiger partial charge on any atom is 0.169 e. The van der Waals surface area contributed by atoms with Crippen LogP contribution in [0.25, 0.3) is 0 Å². The highest BCUT2D eigenvalue weighted by atomic mass is 32.1. The molecule has 2 aromatic rings. The van der Waals surface area contributed by atoms with Gasteiger partial charge in [-0.05, 0) is 54.4 Å². The monoisotopic (exact) mass is 405 g/mol. The van der Waals surface area contributed by atoms with Crippen LogP contribution in [0.5, 0.6) is 0 Å². The smallest absolute Gasteiger partial charge is 0.169 e. The SMILES string of the molecule is S=C(N[C@@H]1C[C@@H]2CC[C@@H]1C2)N1CCN(C(c2ccccc2)c2ccccc2)CC1. The summed E-state index contributed by atoms with van der Waals surface area (Å²) in [7, 11) is 0. The Bertz CT molecular complexity index is 777. The van der Waals surface area contributed by atoms with E-state index >= 15 is 0 Å². The van der Waals surface area contributed by atoms with E-state index in [1.54, 1.807) is 0 Å². The minimum atomic E-state index is 0.312. The fraction of sp³-hybridized carbons (Fsp3) is 0.480. The zero-order chi connectivity index (χ0) is 19.6. The Labute approximate surface area is 180 Å². The summed E-state index contributed by atoms with van der Waals surface area (Å²) in [5, 5.41) is 4.71. The minimum absolute atomic E-state index is 0.312. The van der Waals surface area contributed by atoms with Gasteiger partial charge in [0.15, 0.2) is 5.11 Å². The Morgan fingerprint density at radius 1 is 0.828 bits per heavy atom. The number of nitrogens with zero attached hydrogens (tertiary/aromatic N) is 2. The van der Waals surface area contributed by atoms with Crippen molar-refractivity contribution < 1.29 is 0 Å². The molecular weight excluding hydrogens is 374 g/mol. The lowest BCUT2D eigenvalue weighted by atomic mass is 9.95. The molecule has 0 unspecified atom stereocenters. The highest BCUT2D eigenvalue weighted by molar-refractivity contribution is 7.80. The van der Waals surface area contributed by atoms with Gasteiger partial charge >= 0.3 is 0 Å². The maximum atomic E-state index is 5.81. The van der Waals surface area contributed by atoms with Crippen LogP contribution in [0.2, 0.25) is 0 Å². The highest BCUT2D eigenvalue weighted by Crippen LogP contribution is 2.44. The molecule has 0 spiro atoms. The molecule has 5 rings (SSSR count). The van der Waals surface area contributed by atoms with E-state index in [9.17, 15) is 0 Å². The molecule has 2 bridgehead atoms. The summed E-state index contributed by atoms with van der Waals surface area (Å²) in [6.45, 7) is 4.08. The van der Waals surface area contributed by atoms with Crippen molar-refractivity contribution in [3.63, 3.8) is 0 Å². The number of piperazine rings is 1. The third-order valence-corrected chi connectivity index (χ3v) is 7.62. The van der Waals surface area contributed by atoms with Crippen molar-refractivity contribution in [1.29, 1.82) is 0 Å². The second-order valence-electron chi connectivity index (χ2n) is 8.98. The van der Waals surface area contributed by atoms with Gasteiger partial charge in [0.2, 0.25) is 0 Å². The van der Waals surface area contributed by atoms with E-state index in [1.807, 2.05) is 0 Å². The third kappa shape index (κ3) is 4.06. The fourth-order valence-electron chi connectivity index (χ4n) is 5.74. The van der Waals surface area contributed by atoms with Crippen molar-refractivity contribution in [2.75, 3.05) is 26.2 Å². The molecule has 3 atom stereocenters. The van der Waals surface area contributed by atoms with Crippen LogP contribution in [0.3, 0.4) is 0 Å². The number of benzene rings is 2. The van der Waals surface area contributed by atoms with E-state index in [1.165, 1.54) is 36.8 Å². The molecule has 1 aliphatic heterocycles.